The first-order valence-corrected chi connectivity index (χ1v) is 5.20. The van der Waals surface area contributed by atoms with Crippen molar-refractivity contribution < 1.29 is 26.3 Å². The van der Waals surface area contributed by atoms with E-state index >= 15 is 0 Å². The summed E-state index contributed by atoms with van der Waals surface area (Å²) in [5.41, 5.74) is 5.02. The van der Waals surface area contributed by atoms with Crippen molar-refractivity contribution in [1.82, 2.24) is 21.3 Å². The first-order valence-electron chi connectivity index (χ1n) is 5.20. The molecular weight excluding hydrogens is 242 g/mol. The highest BCUT2D eigenvalue weighted by atomic mass is 16.2. The molecule has 0 aliphatic heterocycles. The Kier molecular flexibility index (Phi) is 7.86. The topological polar surface area (TPSA) is 142 Å². The summed E-state index contributed by atoms with van der Waals surface area (Å²) < 4.78 is 0. The van der Waals surface area contributed by atoms with Crippen LogP contribution in [0.2, 0.25) is 0 Å². The van der Waals surface area contributed by atoms with Crippen LogP contribution in [0.25, 0.3) is 0 Å². The lowest BCUT2D eigenvalue weighted by Crippen LogP contribution is -2.44. The Hall–Kier alpha value is -2.16. The van der Waals surface area contributed by atoms with Crippen LogP contribution in [0.1, 0.15) is 7.13 Å². The Morgan fingerprint density at radius 3 is 1.61 bits per heavy atom. The van der Waals surface area contributed by atoms with Crippen molar-refractivity contribution in [2.75, 3.05) is 33.2 Å². The summed E-state index contributed by atoms with van der Waals surface area (Å²) >= 11 is 0. The average Bonchev–Trinajstić information content (AvgIpc) is 2.39. The molecule has 0 aromatic carbocycles. The molecule has 0 saturated heterocycles. The van der Waals surface area contributed by atoms with Crippen LogP contribution >= 0.6 is 0 Å². The summed E-state index contributed by atoms with van der Waals surface area (Å²) in [6.07, 6.45) is 0. The van der Waals surface area contributed by atoms with Crippen LogP contribution in [0, 0.1) is 0 Å². The summed E-state index contributed by atoms with van der Waals surface area (Å²) in [4.78, 5) is 43.8. The van der Waals surface area contributed by atoms with Crippen LogP contribution in [0.5, 0.6) is 0 Å². The quantitative estimate of drug-likeness (QED) is 0.341. The van der Waals surface area contributed by atoms with E-state index < -0.39 is 17.7 Å². The maximum Gasteiger partial charge on any atom is 0.239 e. The normalized spacial score (nSPS) is 9.22. The first kappa shape index (κ1) is 15.8. The Balaban J connectivity index is -0.000000144. The van der Waals surface area contributed by atoms with Crippen LogP contribution in [0.4, 0.5) is 0 Å². The molecule has 0 radical (unpaired) electrons. The number of nitrogens with two attached hydrogens (primary N) is 1. The molecule has 4 amide bonds. The van der Waals surface area contributed by atoms with E-state index in [0.717, 1.165) is 0 Å². The Labute approximate surface area is 111 Å². The largest absolute Gasteiger partial charge is 0.358 e. The van der Waals surface area contributed by atoms with Crippen molar-refractivity contribution in [3.63, 3.8) is 0 Å². The van der Waals surface area contributed by atoms with Crippen molar-refractivity contribution >= 4 is 23.6 Å². The SMILES string of the molecule is CNC(=O)CNC(=O)CNC(=O)CNC(=O)CN.[HH].[HH].[HH].[HH].[HH]. The molecule has 0 rings (SSSR count). The lowest BCUT2D eigenvalue weighted by molar-refractivity contribution is -0.128. The second-order valence-corrected chi connectivity index (χ2v) is 3.21. The van der Waals surface area contributed by atoms with E-state index in [0.29, 0.717) is 0 Å². The molecule has 0 unspecified atom stereocenters. The van der Waals surface area contributed by atoms with Crippen molar-refractivity contribution in [2.24, 2.45) is 5.73 Å². The van der Waals surface area contributed by atoms with E-state index in [-0.39, 0.29) is 39.2 Å². The molecule has 0 heterocycles. The van der Waals surface area contributed by atoms with Gasteiger partial charge in [-0.15, -0.1) is 0 Å². The van der Waals surface area contributed by atoms with Crippen LogP contribution in [-0.4, -0.2) is 56.9 Å². The van der Waals surface area contributed by atoms with Crippen molar-refractivity contribution in [3.05, 3.63) is 0 Å². The van der Waals surface area contributed by atoms with Gasteiger partial charge in [0.25, 0.3) is 0 Å². The zero-order valence-corrected chi connectivity index (χ0v) is 10.0. The summed E-state index contributed by atoms with van der Waals surface area (Å²) in [5.74, 6) is -1.83. The standard InChI is InChI=1S/C9H17N5O4.5H2/c1-11-7(16)3-13-9(18)5-14-8(17)4-12-6(15)2-10;;;;;/h2-5,10H2,1H3,(H,11,16)(H,12,15)(H,13,18)(H,14,17);5*1H. The molecule has 0 fully saturated rings. The Morgan fingerprint density at radius 1 is 0.833 bits per heavy atom. The number of carbonyl (C=O) groups excluding carboxylic acids is 4. The fourth-order valence-corrected chi connectivity index (χ4v) is 0.822. The molecule has 6 N–H and O–H groups in total. The van der Waals surface area contributed by atoms with Crippen molar-refractivity contribution in [3.8, 4) is 0 Å². The van der Waals surface area contributed by atoms with Gasteiger partial charge < -0.3 is 27.0 Å². The molecule has 9 heteroatoms. The number of amides is 4. The maximum atomic E-state index is 11.1. The molecule has 0 bridgehead atoms. The van der Waals surface area contributed by atoms with Crippen LogP contribution in [0.15, 0.2) is 0 Å². The molecule has 0 aliphatic rings. The average molecular weight is 269 g/mol. The number of hydrogen-bond donors (Lipinski definition) is 5. The third-order valence-electron chi connectivity index (χ3n) is 1.80. The van der Waals surface area contributed by atoms with Crippen molar-refractivity contribution in [2.45, 2.75) is 0 Å². The minimum atomic E-state index is -0.521. The molecule has 9 nitrogen and oxygen atoms in total. The second kappa shape index (κ2) is 8.93. The van der Waals surface area contributed by atoms with E-state index in [1.807, 2.05) is 0 Å². The summed E-state index contributed by atoms with van der Waals surface area (Å²) in [6.45, 7) is -0.887. The van der Waals surface area contributed by atoms with E-state index in [1.165, 1.54) is 7.05 Å². The van der Waals surface area contributed by atoms with E-state index in [2.05, 4.69) is 21.3 Å². The van der Waals surface area contributed by atoms with Crippen LogP contribution < -0.4 is 27.0 Å². The molecule has 0 atom stereocenters. The molecule has 112 valence electrons. The minimum absolute atomic E-state index is 0. The van der Waals surface area contributed by atoms with Gasteiger partial charge in [-0.3, -0.25) is 19.2 Å². The molecule has 0 spiro atoms. The number of hydrogen-bond acceptors (Lipinski definition) is 5. The Morgan fingerprint density at radius 2 is 1.22 bits per heavy atom. The predicted molar refractivity (Wildman–Crippen MR) is 72.7 cm³/mol. The smallest absolute Gasteiger partial charge is 0.239 e. The van der Waals surface area contributed by atoms with Gasteiger partial charge in [0.2, 0.25) is 23.6 Å². The number of likely N-dealkylation sites (N-methyl/N-ethyl adjacent to an activating group) is 1. The number of nitrogens with one attached hydrogen (secondary N) is 4. The lowest BCUT2D eigenvalue weighted by Gasteiger charge is -2.06. The summed E-state index contributed by atoms with van der Waals surface area (Å²) in [7, 11) is 1.44. The van der Waals surface area contributed by atoms with Gasteiger partial charge in [-0.25, -0.2) is 0 Å². The monoisotopic (exact) mass is 269 g/mol. The van der Waals surface area contributed by atoms with Gasteiger partial charge >= 0.3 is 0 Å². The van der Waals surface area contributed by atoms with Crippen LogP contribution in [0.3, 0.4) is 0 Å². The summed E-state index contributed by atoms with van der Waals surface area (Å²) in [5, 5.41) is 9.12. The molecule has 0 aromatic rings. The van der Waals surface area contributed by atoms with Gasteiger partial charge in [-0.05, 0) is 0 Å². The first-order chi connectivity index (χ1) is 8.49. The zero-order valence-electron chi connectivity index (χ0n) is 10.0. The lowest BCUT2D eigenvalue weighted by atomic mass is 10.4. The Bertz CT molecular complexity index is 316. The fourth-order valence-electron chi connectivity index (χ4n) is 0.822. The van der Waals surface area contributed by atoms with E-state index in [1.54, 1.807) is 0 Å². The van der Waals surface area contributed by atoms with Gasteiger partial charge in [-0.1, -0.05) is 0 Å². The van der Waals surface area contributed by atoms with E-state index in [9.17, 15) is 19.2 Å². The zero-order chi connectivity index (χ0) is 14.0. The fraction of sp³-hybridized carbons (Fsp3) is 0.556. The molecule has 0 aliphatic carbocycles. The predicted octanol–water partition coefficient (Wildman–Crippen LogP) is -2.73. The van der Waals surface area contributed by atoms with Gasteiger partial charge in [0.15, 0.2) is 0 Å². The third-order valence-corrected chi connectivity index (χ3v) is 1.80. The maximum absolute atomic E-state index is 11.1. The molecule has 18 heavy (non-hydrogen) atoms. The third kappa shape index (κ3) is 8.05. The second-order valence-electron chi connectivity index (χ2n) is 3.21. The molecule has 0 aromatic heterocycles. The highest BCUT2D eigenvalue weighted by Gasteiger charge is 2.07. The minimum Gasteiger partial charge on any atom is -0.358 e. The summed E-state index contributed by atoms with van der Waals surface area (Å²) in [6, 6.07) is 0. The highest BCUT2D eigenvalue weighted by Crippen LogP contribution is 1.69. The highest BCUT2D eigenvalue weighted by molar-refractivity contribution is 5.90. The van der Waals surface area contributed by atoms with Gasteiger partial charge in [0, 0.05) is 14.2 Å². The van der Waals surface area contributed by atoms with Gasteiger partial charge in [0.05, 0.1) is 26.2 Å². The van der Waals surface area contributed by atoms with E-state index in [4.69, 9.17) is 5.73 Å². The number of carbonyl (C=O) groups is 4. The van der Waals surface area contributed by atoms with Gasteiger partial charge in [0.1, 0.15) is 0 Å². The van der Waals surface area contributed by atoms with Crippen molar-refractivity contribution in [1.29, 1.82) is 0 Å². The molecule has 0 saturated carbocycles. The van der Waals surface area contributed by atoms with Gasteiger partial charge in [-0.2, -0.15) is 0 Å². The number of rotatable bonds is 7. The van der Waals surface area contributed by atoms with Crippen LogP contribution in [-0.2, 0) is 19.2 Å². The molecular formula is C9H27N5O4.